The fraction of sp³-hybridized carbons (Fsp3) is 0.0154. The normalized spacial score (nSPS) is 13.0. The van der Waals surface area contributed by atoms with Gasteiger partial charge in [0.25, 0.3) is 0 Å². The van der Waals surface area contributed by atoms with Crippen LogP contribution in [-0.4, -0.2) is 0 Å². The van der Waals surface area contributed by atoms with Gasteiger partial charge in [0.05, 0.1) is 5.41 Å². The van der Waals surface area contributed by atoms with E-state index in [1.165, 1.54) is 131 Å². The van der Waals surface area contributed by atoms with E-state index in [9.17, 15) is 0 Å². The Labute approximate surface area is 377 Å². The molecule has 0 nitrogen and oxygen atoms in total. The Morgan fingerprint density at radius 1 is 0.200 bits per heavy atom. The molecule has 0 saturated carbocycles. The van der Waals surface area contributed by atoms with Gasteiger partial charge in [0, 0.05) is 0 Å². The molecule has 1 aliphatic rings. The average Bonchev–Trinajstić information content (AvgIpc) is 3.68. The fourth-order valence-corrected chi connectivity index (χ4v) is 11.9. The molecule has 0 atom stereocenters. The number of hydrogen-bond donors (Lipinski definition) is 0. The molecule has 1 aliphatic carbocycles. The summed E-state index contributed by atoms with van der Waals surface area (Å²) in [6, 6.07) is 91.3. The quantitative estimate of drug-likeness (QED) is 0.155. The van der Waals surface area contributed by atoms with Gasteiger partial charge < -0.3 is 0 Å². The fourth-order valence-electron chi connectivity index (χ4n) is 11.9. The van der Waals surface area contributed by atoms with Crippen LogP contribution in [-0.2, 0) is 5.41 Å². The van der Waals surface area contributed by atoms with E-state index < -0.39 is 5.41 Å². The van der Waals surface area contributed by atoms with Crippen molar-refractivity contribution >= 4 is 75.4 Å². The Hall–Kier alpha value is -8.32. The van der Waals surface area contributed by atoms with Gasteiger partial charge in [0.2, 0.25) is 0 Å². The van der Waals surface area contributed by atoms with Gasteiger partial charge in [-0.25, -0.2) is 0 Å². The first kappa shape index (κ1) is 36.2. The second-order valence-corrected chi connectivity index (χ2v) is 17.9. The second-order valence-electron chi connectivity index (χ2n) is 17.9. The molecule has 0 fully saturated rings. The van der Waals surface area contributed by atoms with Crippen molar-refractivity contribution in [1.29, 1.82) is 0 Å². The highest BCUT2D eigenvalue weighted by molar-refractivity contribution is 6.27. The summed E-state index contributed by atoms with van der Waals surface area (Å²) in [6.45, 7) is 0. The van der Waals surface area contributed by atoms with Crippen LogP contribution in [0.1, 0.15) is 22.3 Å². The van der Waals surface area contributed by atoms with Gasteiger partial charge in [-0.1, -0.05) is 218 Å². The second kappa shape index (κ2) is 13.8. The summed E-state index contributed by atoms with van der Waals surface area (Å²) in [5, 5.41) is 18.0. The van der Waals surface area contributed by atoms with Crippen LogP contribution in [0.15, 0.2) is 243 Å². The molecule has 0 bridgehead atoms. The molecule has 13 aromatic carbocycles. The van der Waals surface area contributed by atoms with Gasteiger partial charge in [0.1, 0.15) is 0 Å². The molecule has 13 aromatic rings. The lowest BCUT2D eigenvalue weighted by Gasteiger charge is -2.35. The first-order chi connectivity index (χ1) is 32.2. The molecule has 0 heterocycles. The largest absolute Gasteiger partial charge is 0.0719 e. The van der Waals surface area contributed by atoms with E-state index in [0.29, 0.717) is 0 Å². The molecule has 0 N–H and O–H groups in total. The van der Waals surface area contributed by atoms with Gasteiger partial charge in [-0.2, -0.15) is 0 Å². The summed E-state index contributed by atoms with van der Waals surface area (Å²) in [5.41, 5.74) is 12.0. The van der Waals surface area contributed by atoms with Crippen molar-refractivity contribution in [3.63, 3.8) is 0 Å². The van der Waals surface area contributed by atoms with Gasteiger partial charge in [-0.3, -0.25) is 0 Å². The van der Waals surface area contributed by atoms with Crippen LogP contribution in [0.4, 0.5) is 0 Å². The van der Waals surface area contributed by atoms with Crippen molar-refractivity contribution in [3.05, 3.63) is 265 Å². The monoisotopic (exact) mass is 820 g/mol. The highest BCUT2D eigenvalue weighted by atomic mass is 14.5. The third kappa shape index (κ3) is 5.14. The highest BCUT2D eigenvalue weighted by Gasteiger charge is 2.47. The summed E-state index contributed by atoms with van der Waals surface area (Å²) in [5.74, 6) is 0. The van der Waals surface area contributed by atoms with E-state index in [4.69, 9.17) is 0 Å². The molecule has 300 valence electrons. The van der Waals surface area contributed by atoms with E-state index >= 15 is 0 Å². The molecular weight excluding hydrogens is 781 g/mol. The van der Waals surface area contributed by atoms with E-state index in [1.807, 2.05) is 0 Å². The van der Waals surface area contributed by atoms with E-state index in [1.54, 1.807) is 0 Å². The standard InChI is InChI=1S/C65H40/c1-2-17-46(18-3-1)65(62-28-14-16-41-15-4-5-19-47(41)62)63-39-44(42-29-33-56-52-24-8-6-20-48(52)50-22-10-12-26-54(50)60(56)37-42)31-35-58(63)59-36-32-45(40-64(59)65)43-30-34-57-53-25-9-7-21-49(53)51-23-11-13-27-55(51)61(57)38-43/h1-40H. The summed E-state index contributed by atoms with van der Waals surface area (Å²) in [4.78, 5) is 0. The predicted molar refractivity (Wildman–Crippen MR) is 277 cm³/mol. The molecule has 0 saturated heterocycles. The topological polar surface area (TPSA) is 0 Å². The minimum atomic E-state index is -0.613. The van der Waals surface area contributed by atoms with Crippen LogP contribution in [0.5, 0.6) is 0 Å². The maximum atomic E-state index is 2.52. The molecule has 0 amide bonds. The predicted octanol–water partition coefficient (Wildman–Crippen LogP) is 17.5. The summed E-state index contributed by atoms with van der Waals surface area (Å²) in [7, 11) is 0. The number of benzene rings is 13. The van der Waals surface area contributed by atoms with Crippen LogP contribution in [0, 0.1) is 0 Å². The molecule has 0 spiro atoms. The number of hydrogen-bond acceptors (Lipinski definition) is 0. The van der Waals surface area contributed by atoms with Crippen LogP contribution in [0.3, 0.4) is 0 Å². The smallest absolute Gasteiger partial charge is 0.0622 e. The first-order valence-corrected chi connectivity index (χ1v) is 22.7. The van der Waals surface area contributed by atoms with Gasteiger partial charge in [-0.05, 0) is 155 Å². The van der Waals surface area contributed by atoms with Crippen molar-refractivity contribution in [2.45, 2.75) is 5.41 Å². The third-order valence-electron chi connectivity index (χ3n) is 14.7. The average molecular weight is 821 g/mol. The minimum absolute atomic E-state index is 0.613. The van der Waals surface area contributed by atoms with Crippen LogP contribution < -0.4 is 0 Å². The molecule has 65 heavy (non-hydrogen) atoms. The Kier molecular flexibility index (Phi) is 7.71. The van der Waals surface area contributed by atoms with Crippen LogP contribution >= 0.6 is 0 Å². The summed E-state index contributed by atoms with van der Waals surface area (Å²) in [6.07, 6.45) is 0. The molecule has 14 rings (SSSR count). The molecule has 0 aromatic heterocycles. The van der Waals surface area contributed by atoms with Gasteiger partial charge >= 0.3 is 0 Å². The van der Waals surface area contributed by atoms with E-state index in [2.05, 4.69) is 243 Å². The van der Waals surface area contributed by atoms with Crippen molar-refractivity contribution in [2.75, 3.05) is 0 Å². The lowest BCUT2D eigenvalue weighted by Crippen LogP contribution is -2.29. The van der Waals surface area contributed by atoms with Crippen molar-refractivity contribution in [1.82, 2.24) is 0 Å². The molecule has 0 aliphatic heterocycles. The maximum absolute atomic E-state index is 2.52. The Bertz CT molecular complexity index is 3830. The van der Waals surface area contributed by atoms with Crippen molar-refractivity contribution < 1.29 is 0 Å². The van der Waals surface area contributed by atoms with Crippen molar-refractivity contribution in [2.24, 2.45) is 0 Å². The number of rotatable bonds is 4. The number of fused-ring (bicyclic) bond motifs is 16. The summed E-state index contributed by atoms with van der Waals surface area (Å²) < 4.78 is 0. The zero-order valence-corrected chi connectivity index (χ0v) is 35.6. The Balaban J connectivity index is 1.04. The molecule has 0 unspecified atom stereocenters. The molecule has 0 heteroatoms. The molecule has 0 radical (unpaired) electrons. The van der Waals surface area contributed by atoms with Crippen molar-refractivity contribution in [3.8, 4) is 33.4 Å². The third-order valence-corrected chi connectivity index (χ3v) is 14.7. The Morgan fingerprint density at radius 2 is 0.538 bits per heavy atom. The van der Waals surface area contributed by atoms with Gasteiger partial charge in [0.15, 0.2) is 0 Å². The zero-order chi connectivity index (χ0) is 42.6. The van der Waals surface area contributed by atoms with E-state index in [-0.39, 0.29) is 0 Å². The minimum Gasteiger partial charge on any atom is -0.0622 e. The molecular formula is C65H40. The summed E-state index contributed by atoms with van der Waals surface area (Å²) >= 11 is 0. The van der Waals surface area contributed by atoms with Crippen LogP contribution in [0.25, 0.3) is 109 Å². The zero-order valence-electron chi connectivity index (χ0n) is 35.6. The lowest BCUT2D eigenvalue weighted by atomic mass is 9.66. The highest BCUT2D eigenvalue weighted by Crippen LogP contribution is 2.59. The lowest BCUT2D eigenvalue weighted by molar-refractivity contribution is 0.777. The Morgan fingerprint density at radius 3 is 1.00 bits per heavy atom. The maximum Gasteiger partial charge on any atom is 0.0719 e. The first-order valence-electron chi connectivity index (χ1n) is 22.7. The van der Waals surface area contributed by atoms with Gasteiger partial charge in [-0.15, -0.1) is 0 Å². The van der Waals surface area contributed by atoms with E-state index in [0.717, 1.165) is 0 Å². The van der Waals surface area contributed by atoms with Crippen LogP contribution in [0.2, 0.25) is 0 Å². The SMILES string of the molecule is c1ccc(C2(c3cccc4ccccc34)c3cc(-c4ccc5c6ccccc6c6ccccc6c5c4)ccc3-c3ccc(-c4ccc5c6ccccc6c6ccccc6c5c4)cc32)cc1.